The lowest BCUT2D eigenvalue weighted by Crippen LogP contribution is -2.46. The van der Waals surface area contributed by atoms with E-state index in [2.05, 4.69) is 0 Å². The maximum atomic E-state index is 12.7. The standard InChI is InChI=1S/C13H15F3N2O3/c1-12(19)5-2-6-17(8-12)10-4-3-9(13(14,15)16)7-11(10)18(20)21/h3-4,7,19H,2,5-6,8H2,1H3. The Morgan fingerprint density at radius 2 is 2.10 bits per heavy atom. The van der Waals surface area contributed by atoms with Crippen molar-refractivity contribution in [3.63, 3.8) is 0 Å². The summed E-state index contributed by atoms with van der Waals surface area (Å²) in [6.07, 6.45) is -3.46. The summed E-state index contributed by atoms with van der Waals surface area (Å²) in [5, 5.41) is 21.1. The van der Waals surface area contributed by atoms with Gasteiger partial charge in [0.15, 0.2) is 0 Å². The van der Waals surface area contributed by atoms with Crippen molar-refractivity contribution in [1.82, 2.24) is 0 Å². The van der Waals surface area contributed by atoms with Gasteiger partial charge in [0.05, 0.1) is 16.1 Å². The van der Waals surface area contributed by atoms with Gasteiger partial charge < -0.3 is 10.0 Å². The number of anilines is 1. The molecular formula is C13H15F3N2O3. The molecule has 8 heteroatoms. The first-order valence-electron chi connectivity index (χ1n) is 6.43. The summed E-state index contributed by atoms with van der Waals surface area (Å²) in [5.74, 6) is 0. The first kappa shape index (κ1) is 15.6. The Labute approximate surface area is 119 Å². The quantitative estimate of drug-likeness (QED) is 0.674. The molecule has 0 aromatic heterocycles. The van der Waals surface area contributed by atoms with Gasteiger partial charge in [0, 0.05) is 19.2 Å². The zero-order valence-electron chi connectivity index (χ0n) is 11.4. The highest BCUT2D eigenvalue weighted by molar-refractivity contribution is 5.65. The smallest absolute Gasteiger partial charge is 0.388 e. The number of alkyl halides is 3. The third-order valence-corrected chi connectivity index (χ3v) is 3.52. The molecule has 1 aliphatic rings. The molecule has 1 heterocycles. The molecule has 0 amide bonds. The van der Waals surface area contributed by atoms with E-state index in [9.17, 15) is 28.4 Å². The van der Waals surface area contributed by atoms with Gasteiger partial charge in [-0.3, -0.25) is 10.1 Å². The molecule has 2 rings (SSSR count). The maximum absolute atomic E-state index is 12.7. The van der Waals surface area contributed by atoms with Gasteiger partial charge in [-0.25, -0.2) is 0 Å². The molecule has 1 saturated heterocycles. The predicted octanol–water partition coefficient (Wildman–Crippen LogP) is 2.96. The summed E-state index contributed by atoms with van der Waals surface area (Å²) in [7, 11) is 0. The van der Waals surface area contributed by atoms with Crippen molar-refractivity contribution < 1.29 is 23.2 Å². The molecule has 1 aliphatic heterocycles. The topological polar surface area (TPSA) is 66.6 Å². The fourth-order valence-electron chi connectivity index (χ4n) is 2.54. The van der Waals surface area contributed by atoms with Crippen molar-refractivity contribution in [3.05, 3.63) is 33.9 Å². The Kier molecular flexibility index (Phi) is 3.83. The molecule has 5 nitrogen and oxygen atoms in total. The van der Waals surface area contributed by atoms with E-state index in [1.165, 1.54) is 0 Å². The highest BCUT2D eigenvalue weighted by Crippen LogP contribution is 2.38. The number of nitro benzene ring substituents is 1. The maximum Gasteiger partial charge on any atom is 0.416 e. The lowest BCUT2D eigenvalue weighted by molar-refractivity contribution is -0.384. The lowest BCUT2D eigenvalue weighted by atomic mass is 9.94. The van der Waals surface area contributed by atoms with E-state index in [-0.39, 0.29) is 12.2 Å². The van der Waals surface area contributed by atoms with Crippen LogP contribution in [0, 0.1) is 10.1 Å². The minimum absolute atomic E-state index is 0.105. The van der Waals surface area contributed by atoms with Gasteiger partial charge >= 0.3 is 6.18 Å². The van der Waals surface area contributed by atoms with Crippen LogP contribution in [-0.2, 0) is 6.18 Å². The summed E-state index contributed by atoms with van der Waals surface area (Å²) in [6, 6.07) is 2.46. The average Bonchev–Trinajstić information content (AvgIpc) is 2.35. The van der Waals surface area contributed by atoms with Crippen LogP contribution in [0.1, 0.15) is 25.3 Å². The number of hydrogen-bond donors (Lipinski definition) is 1. The van der Waals surface area contributed by atoms with E-state index in [4.69, 9.17) is 0 Å². The van der Waals surface area contributed by atoms with Crippen LogP contribution in [0.4, 0.5) is 24.5 Å². The first-order chi connectivity index (χ1) is 9.60. The Hall–Kier alpha value is -1.83. The van der Waals surface area contributed by atoms with Gasteiger partial charge in [0.25, 0.3) is 5.69 Å². The number of halogens is 3. The SMILES string of the molecule is CC1(O)CCCN(c2ccc(C(F)(F)F)cc2[N+](=O)[O-])C1. The zero-order chi connectivity index (χ0) is 15.8. The van der Waals surface area contributed by atoms with Gasteiger partial charge in [-0.1, -0.05) is 0 Å². The number of aliphatic hydroxyl groups is 1. The van der Waals surface area contributed by atoms with Crippen LogP contribution in [0.3, 0.4) is 0 Å². The van der Waals surface area contributed by atoms with Gasteiger partial charge in [0.1, 0.15) is 5.69 Å². The summed E-state index contributed by atoms with van der Waals surface area (Å²) < 4.78 is 38.0. The fourth-order valence-corrected chi connectivity index (χ4v) is 2.54. The second kappa shape index (κ2) is 5.18. The molecular weight excluding hydrogens is 289 g/mol. The second-order valence-electron chi connectivity index (χ2n) is 5.48. The van der Waals surface area contributed by atoms with Crippen molar-refractivity contribution in [2.45, 2.75) is 31.5 Å². The Balaban J connectivity index is 2.42. The van der Waals surface area contributed by atoms with E-state index < -0.39 is 28.0 Å². The van der Waals surface area contributed by atoms with Crippen molar-refractivity contribution in [2.75, 3.05) is 18.0 Å². The van der Waals surface area contributed by atoms with Crippen LogP contribution in [0.2, 0.25) is 0 Å². The van der Waals surface area contributed by atoms with E-state index in [1.54, 1.807) is 11.8 Å². The number of nitro groups is 1. The Morgan fingerprint density at radius 1 is 1.43 bits per heavy atom. The molecule has 0 spiro atoms. The third kappa shape index (κ3) is 3.44. The number of rotatable bonds is 2. The third-order valence-electron chi connectivity index (χ3n) is 3.52. The molecule has 0 aliphatic carbocycles. The van der Waals surface area contributed by atoms with Gasteiger partial charge in [-0.05, 0) is 31.9 Å². The van der Waals surface area contributed by atoms with E-state index in [1.807, 2.05) is 0 Å². The van der Waals surface area contributed by atoms with Crippen molar-refractivity contribution >= 4 is 11.4 Å². The monoisotopic (exact) mass is 304 g/mol. The van der Waals surface area contributed by atoms with Crippen molar-refractivity contribution in [1.29, 1.82) is 0 Å². The molecule has 1 unspecified atom stereocenters. The molecule has 1 atom stereocenters. The van der Waals surface area contributed by atoms with Crippen molar-refractivity contribution in [2.24, 2.45) is 0 Å². The van der Waals surface area contributed by atoms with E-state index in [0.29, 0.717) is 25.5 Å². The van der Waals surface area contributed by atoms with Crippen LogP contribution in [0.25, 0.3) is 0 Å². The highest BCUT2D eigenvalue weighted by atomic mass is 19.4. The molecule has 1 aromatic rings. The minimum atomic E-state index is -4.63. The van der Waals surface area contributed by atoms with Gasteiger partial charge in [-0.15, -0.1) is 0 Å². The molecule has 1 aromatic carbocycles. The summed E-state index contributed by atoms with van der Waals surface area (Å²) in [6.45, 7) is 2.22. The van der Waals surface area contributed by atoms with E-state index >= 15 is 0 Å². The van der Waals surface area contributed by atoms with Crippen LogP contribution >= 0.6 is 0 Å². The molecule has 1 fully saturated rings. The molecule has 21 heavy (non-hydrogen) atoms. The predicted molar refractivity (Wildman–Crippen MR) is 70.2 cm³/mol. The first-order valence-corrected chi connectivity index (χ1v) is 6.43. The summed E-state index contributed by atoms with van der Waals surface area (Å²) in [4.78, 5) is 11.8. The van der Waals surface area contributed by atoms with Crippen LogP contribution < -0.4 is 4.90 Å². The summed E-state index contributed by atoms with van der Waals surface area (Å²) >= 11 is 0. The number of piperidine rings is 1. The highest BCUT2D eigenvalue weighted by Gasteiger charge is 2.35. The Bertz CT molecular complexity index is 558. The summed E-state index contributed by atoms with van der Waals surface area (Å²) in [5.41, 5.74) is -2.55. The lowest BCUT2D eigenvalue weighted by Gasteiger charge is -2.38. The largest absolute Gasteiger partial charge is 0.416 e. The van der Waals surface area contributed by atoms with Gasteiger partial charge in [-0.2, -0.15) is 13.2 Å². The molecule has 116 valence electrons. The molecule has 0 radical (unpaired) electrons. The van der Waals surface area contributed by atoms with Gasteiger partial charge in [0.2, 0.25) is 0 Å². The minimum Gasteiger partial charge on any atom is -0.388 e. The number of nitrogens with zero attached hydrogens (tertiary/aromatic N) is 2. The van der Waals surface area contributed by atoms with Crippen LogP contribution in [0.5, 0.6) is 0 Å². The van der Waals surface area contributed by atoms with E-state index in [0.717, 1.165) is 12.1 Å². The zero-order valence-corrected chi connectivity index (χ0v) is 11.4. The number of β-amino-alcohol motifs (C(OH)–C–C–N with tert-alkyl or cyclic N) is 1. The molecule has 0 bridgehead atoms. The molecule has 0 saturated carbocycles. The molecule has 1 N–H and O–H groups in total. The van der Waals surface area contributed by atoms with Crippen LogP contribution in [0.15, 0.2) is 18.2 Å². The number of benzene rings is 1. The van der Waals surface area contributed by atoms with Crippen LogP contribution in [-0.4, -0.2) is 28.7 Å². The second-order valence-corrected chi connectivity index (χ2v) is 5.48. The fraction of sp³-hybridized carbons (Fsp3) is 0.538. The average molecular weight is 304 g/mol. The number of hydrogen-bond acceptors (Lipinski definition) is 4. The Morgan fingerprint density at radius 3 is 2.62 bits per heavy atom. The van der Waals surface area contributed by atoms with Crippen molar-refractivity contribution in [3.8, 4) is 0 Å². The normalized spacial score (nSPS) is 23.2.